The van der Waals surface area contributed by atoms with Gasteiger partial charge in [0, 0.05) is 21.9 Å². The highest BCUT2D eigenvalue weighted by Crippen LogP contribution is 2.22. The zero-order chi connectivity index (χ0) is 17.0. The van der Waals surface area contributed by atoms with Crippen molar-refractivity contribution in [3.8, 4) is 0 Å². The van der Waals surface area contributed by atoms with Crippen LogP contribution in [0.5, 0.6) is 0 Å². The van der Waals surface area contributed by atoms with E-state index in [1.165, 1.54) is 37.4 Å². The first-order valence-corrected chi connectivity index (χ1v) is 8.78. The van der Waals surface area contributed by atoms with Gasteiger partial charge in [0.15, 0.2) is 5.78 Å². The zero-order valence-corrected chi connectivity index (χ0v) is 14.4. The van der Waals surface area contributed by atoms with Crippen LogP contribution in [-0.4, -0.2) is 14.2 Å². The van der Waals surface area contributed by atoms with Crippen molar-refractivity contribution in [1.82, 2.24) is 0 Å². The van der Waals surface area contributed by atoms with Crippen molar-refractivity contribution >= 4 is 44.5 Å². The Morgan fingerprint density at radius 1 is 0.957 bits per heavy atom. The van der Waals surface area contributed by atoms with Crippen LogP contribution in [0.2, 0.25) is 10.0 Å². The molecule has 1 N–H and O–H groups in total. The summed E-state index contributed by atoms with van der Waals surface area (Å²) >= 11 is 11.5. The Balaban J connectivity index is 2.37. The molecule has 7 heteroatoms. The molecule has 23 heavy (non-hydrogen) atoms. The molecule has 0 aliphatic rings. The topological polar surface area (TPSA) is 63.2 Å². The number of hydrogen-bond donors (Lipinski definition) is 1. The normalized spacial score (nSPS) is 12.0. The van der Waals surface area contributed by atoms with Crippen LogP contribution in [0.3, 0.4) is 0 Å². The van der Waals surface area contributed by atoms with Crippen molar-refractivity contribution < 1.29 is 13.2 Å². The Morgan fingerprint density at radius 3 is 1.91 bits per heavy atom. The lowest BCUT2D eigenvalue weighted by atomic mass is 10.3. The number of hydrogen-bond acceptors (Lipinski definition) is 4. The predicted molar refractivity (Wildman–Crippen MR) is 92.5 cm³/mol. The van der Waals surface area contributed by atoms with Crippen LogP contribution in [0.1, 0.15) is 6.92 Å². The first kappa shape index (κ1) is 17.5. The Hall–Kier alpha value is -1.82. The minimum atomic E-state index is -3.93. The molecule has 0 saturated heterocycles. The number of sulfone groups is 1. The summed E-state index contributed by atoms with van der Waals surface area (Å²) in [6, 6.07) is 12.3. The van der Waals surface area contributed by atoms with Crippen molar-refractivity contribution in [3.63, 3.8) is 0 Å². The molecule has 2 aromatic carbocycles. The second-order valence-corrected chi connectivity index (χ2v) is 7.46. The van der Waals surface area contributed by atoms with Crippen LogP contribution >= 0.6 is 23.2 Å². The van der Waals surface area contributed by atoms with E-state index in [9.17, 15) is 13.2 Å². The fourth-order valence-electron chi connectivity index (χ4n) is 1.80. The van der Waals surface area contributed by atoms with Gasteiger partial charge in [-0.1, -0.05) is 23.2 Å². The summed E-state index contributed by atoms with van der Waals surface area (Å²) < 4.78 is 25.1. The van der Waals surface area contributed by atoms with E-state index in [4.69, 9.17) is 23.2 Å². The molecule has 0 bridgehead atoms. The lowest BCUT2D eigenvalue weighted by Crippen LogP contribution is -2.13. The SMILES string of the molecule is CC(=O)/C(=C/Nc1ccc(Cl)cc1)S(=O)(=O)c1ccc(Cl)cc1. The second-order valence-electron chi connectivity index (χ2n) is 4.67. The number of ketones is 1. The summed E-state index contributed by atoms with van der Waals surface area (Å²) in [6.07, 6.45) is 1.18. The van der Waals surface area contributed by atoms with E-state index in [2.05, 4.69) is 5.32 Å². The molecule has 0 fully saturated rings. The van der Waals surface area contributed by atoms with Crippen LogP contribution in [0.15, 0.2) is 64.5 Å². The largest absolute Gasteiger partial charge is 0.360 e. The van der Waals surface area contributed by atoms with Gasteiger partial charge in [0.1, 0.15) is 4.91 Å². The maximum atomic E-state index is 12.6. The Morgan fingerprint density at radius 2 is 1.43 bits per heavy atom. The Labute approximate surface area is 144 Å². The summed E-state index contributed by atoms with van der Waals surface area (Å²) in [5, 5.41) is 3.76. The number of carbonyl (C=O) groups excluding carboxylic acids is 1. The molecule has 4 nitrogen and oxygen atoms in total. The lowest BCUT2D eigenvalue weighted by Gasteiger charge is -2.08. The van der Waals surface area contributed by atoms with Crippen molar-refractivity contribution in [2.45, 2.75) is 11.8 Å². The number of rotatable bonds is 5. The van der Waals surface area contributed by atoms with Gasteiger partial charge < -0.3 is 5.32 Å². The minimum Gasteiger partial charge on any atom is -0.360 e. The van der Waals surface area contributed by atoms with Gasteiger partial charge in [-0.05, 0) is 55.5 Å². The number of anilines is 1. The highest BCUT2D eigenvalue weighted by atomic mass is 35.5. The lowest BCUT2D eigenvalue weighted by molar-refractivity contribution is -0.113. The van der Waals surface area contributed by atoms with E-state index < -0.39 is 15.6 Å². The van der Waals surface area contributed by atoms with E-state index in [0.717, 1.165) is 0 Å². The Kier molecular flexibility index (Phi) is 5.46. The van der Waals surface area contributed by atoms with E-state index >= 15 is 0 Å². The number of Topliss-reactive ketones (excluding diaryl/α,β-unsaturated/α-hetero) is 1. The van der Waals surface area contributed by atoms with Crippen LogP contribution in [0, 0.1) is 0 Å². The summed E-state index contributed by atoms with van der Waals surface area (Å²) in [5.74, 6) is -0.568. The maximum Gasteiger partial charge on any atom is 0.211 e. The van der Waals surface area contributed by atoms with Gasteiger partial charge in [-0.2, -0.15) is 0 Å². The summed E-state index contributed by atoms with van der Waals surface area (Å²) in [5.41, 5.74) is 0.611. The predicted octanol–water partition coefficient (Wildman–Crippen LogP) is 4.31. The van der Waals surface area contributed by atoms with Gasteiger partial charge >= 0.3 is 0 Å². The van der Waals surface area contributed by atoms with E-state index in [0.29, 0.717) is 15.7 Å². The molecule has 2 aromatic rings. The molecule has 0 heterocycles. The van der Waals surface area contributed by atoms with Crippen LogP contribution in [-0.2, 0) is 14.6 Å². The minimum absolute atomic E-state index is 0.00116. The fourth-order valence-corrected chi connectivity index (χ4v) is 3.40. The molecule has 0 unspecified atom stereocenters. The van der Waals surface area contributed by atoms with Crippen molar-refractivity contribution in [1.29, 1.82) is 0 Å². The number of carbonyl (C=O) groups is 1. The molecule has 120 valence electrons. The second kappa shape index (κ2) is 7.17. The molecule has 0 aliphatic carbocycles. The molecule has 0 saturated carbocycles. The molecule has 0 radical (unpaired) electrons. The van der Waals surface area contributed by atoms with Crippen LogP contribution < -0.4 is 5.32 Å². The standard InChI is InChI=1S/C16H13Cl2NO3S/c1-11(20)16(10-19-14-6-2-12(17)3-7-14)23(21,22)15-8-4-13(18)5-9-15/h2-10,19H,1H3/b16-10-. The van der Waals surface area contributed by atoms with Gasteiger partial charge in [0.2, 0.25) is 9.84 Å². The molecule has 0 spiro atoms. The number of allylic oxidation sites excluding steroid dienone is 1. The third-order valence-electron chi connectivity index (χ3n) is 2.97. The third-order valence-corrected chi connectivity index (χ3v) is 5.36. The first-order valence-electron chi connectivity index (χ1n) is 6.54. The number of halogens is 2. The zero-order valence-electron chi connectivity index (χ0n) is 12.1. The first-order chi connectivity index (χ1) is 10.8. The summed E-state index contributed by atoms with van der Waals surface area (Å²) in [6.45, 7) is 1.20. The highest BCUT2D eigenvalue weighted by Gasteiger charge is 2.24. The van der Waals surface area contributed by atoms with Crippen molar-refractivity contribution in [2.24, 2.45) is 0 Å². The smallest absolute Gasteiger partial charge is 0.211 e. The van der Waals surface area contributed by atoms with Crippen LogP contribution in [0.4, 0.5) is 5.69 Å². The monoisotopic (exact) mass is 369 g/mol. The average molecular weight is 370 g/mol. The quantitative estimate of drug-likeness (QED) is 0.797. The van der Waals surface area contributed by atoms with Gasteiger partial charge in [-0.15, -0.1) is 0 Å². The molecule has 2 rings (SSSR count). The fraction of sp³-hybridized carbons (Fsp3) is 0.0625. The van der Waals surface area contributed by atoms with Gasteiger partial charge in [-0.25, -0.2) is 8.42 Å². The Bertz CT molecular complexity index is 842. The molecule has 0 aromatic heterocycles. The summed E-state index contributed by atoms with van der Waals surface area (Å²) in [7, 11) is -3.93. The van der Waals surface area contributed by atoms with Crippen molar-refractivity contribution in [2.75, 3.05) is 5.32 Å². The van der Waals surface area contributed by atoms with Gasteiger partial charge in [0.25, 0.3) is 0 Å². The highest BCUT2D eigenvalue weighted by molar-refractivity contribution is 7.96. The third kappa shape index (κ3) is 4.34. The molecule has 0 atom stereocenters. The van der Waals surface area contributed by atoms with Gasteiger partial charge in [0.05, 0.1) is 4.90 Å². The maximum absolute atomic E-state index is 12.6. The number of nitrogens with one attached hydrogen (secondary N) is 1. The summed E-state index contributed by atoms with van der Waals surface area (Å²) in [4.78, 5) is 11.4. The van der Waals surface area contributed by atoms with Gasteiger partial charge in [-0.3, -0.25) is 4.79 Å². The molecule has 0 amide bonds. The van der Waals surface area contributed by atoms with Crippen molar-refractivity contribution in [3.05, 3.63) is 69.7 Å². The molecular formula is C16H13Cl2NO3S. The number of benzene rings is 2. The average Bonchev–Trinajstić information content (AvgIpc) is 2.49. The van der Waals surface area contributed by atoms with E-state index in [-0.39, 0.29) is 9.80 Å². The molecular weight excluding hydrogens is 357 g/mol. The van der Waals surface area contributed by atoms with E-state index in [1.807, 2.05) is 0 Å². The molecule has 0 aliphatic heterocycles. The van der Waals surface area contributed by atoms with Crippen LogP contribution in [0.25, 0.3) is 0 Å². The van der Waals surface area contributed by atoms with E-state index in [1.54, 1.807) is 24.3 Å².